The molecular weight excluding hydrogens is 139 g/mol. The molecule has 0 saturated heterocycles. The topological polar surface area (TPSA) is 49.8 Å². The summed E-state index contributed by atoms with van der Waals surface area (Å²) in [6.45, 7) is 0. The van der Waals surface area contributed by atoms with Crippen LogP contribution in [0.4, 0.5) is 9.39 Å². The largest absolute Gasteiger partial charge is 0.388 e. The van der Waals surface area contributed by atoms with Gasteiger partial charge in [0.25, 0.3) is 0 Å². The predicted octanol–water partition coefficient (Wildman–Crippen LogP) is 1.34. The first-order valence-electron chi connectivity index (χ1n) is 2.19. The van der Waals surface area contributed by atoms with Gasteiger partial charge in [0.1, 0.15) is 15.9 Å². The van der Waals surface area contributed by atoms with E-state index in [9.17, 15) is 4.39 Å². The van der Waals surface area contributed by atoms with Gasteiger partial charge in [-0.05, 0) is 0 Å². The van der Waals surface area contributed by atoms with Crippen molar-refractivity contribution in [3.05, 3.63) is 16.8 Å². The van der Waals surface area contributed by atoms with Crippen molar-refractivity contribution in [2.45, 2.75) is 0 Å². The van der Waals surface area contributed by atoms with Crippen LogP contribution < -0.4 is 5.73 Å². The van der Waals surface area contributed by atoms with Crippen LogP contribution in [0.5, 0.6) is 0 Å². The van der Waals surface area contributed by atoms with Crippen LogP contribution in [0.3, 0.4) is 0 Å². The lowest BCUT2D eigenvalue weighted by molar-refractivity contribution is 0.637. The number of anilines is 1. The maximum absolute atomic E-state index is 12.3. The minimum Gasteiger partial charge on any atom is -0.388 e. The van der Waals surface area contributed by atoms with Gasteiger partial charge in [-0.3, -0.25) is 0 Å². The Kier molecular flexibility index (Phi) is 1.37. The summed E-state index contributed by atoms with van der Waals surface area (Å²) in [5.41, 5.74) is 5.11. The molecule has 0 fully saturated rings. The van der Waals surface area contributed by atoms with Crippen molar-refractivity contribution in [1.82, 2.24) is 0 Å². The summed E-state index contributed by atoms with van der Waals surface area (Å²) in [5, 5.41) is 8.29. The smallest absolute Gasteiger partial charge is 0.158 e. The van der Waals surface area contributed by atoms with Gasteiger partial charge in [-0.1, -0.05) is 0 Å². The summed E-state index contributed by atoms with van der Waals surface area (Å²) >= 11 is 0.956. The van der Waals surface area contributed by atoms with Gasteiger partial charge in [-0.25, -0.2) is 4.39 Å². The van der Waals surface area contributed by atoms with E-state index in [4.69, 9.17) is 11.0 Å². The first-order chi connectivity index (χ1) is 4.24. The molecule has 1 rings (SSSR count). The second-order valence-corrected chi connectivity index (χ2v) is 2.52. The Hall–Kier alpha value is -1.08. The second kappa shape index (κ2) is 2.03. The fraction of sp³-hybridized carbons (Fsp3) is 0. The highest BCUT2D eigenvalue weighted by atomic mass is 32.1. The average molecular weight is 142 g/mol. The van der Waals surface area contributed by atoms with Crippen LogP contribution in [0, 0.1) is 17.1 Å². The maximum atomic E-state index is 12.3. The van der Waals surface area contributed by atoms with E-state index in [-0.39, 0.29) is 5.00 Å². The van der Waals surface area contributed by atoms with Crippen molar-refractivity contribution in [1.29, 1.82) is 5.26 Å². The third-order valence-corrected chi connectivity index (χ3v) is 1.67. The molecule has 2 N–H and O–H groups in total. The lowest BCUT2D eigenvalue weighted by Crippen LogP contribution is -1.79. The molecule has 0 radical (unpaired) electrons. The Morgan fingerprint density at radius 1 is 1.78 bits per heavy atom. The zero-order valence-corrected chi connectivity index (χ0v) is 5.20. The third-order valence-electron chi connectivity index (χ3n) is 0.823. The van der Waals surface area contributed by atoms with Crippen LogP contribution >= 0.6 is 11.3 Å². The van der Waals surface area contributed by atoms with Gasteiger partial charge in [0.05, 0.1) is 0 Å². The molecule has 1 aromatic rings. The lowest BCUT2D eigenvalue weighted by Gasteiger charge is -1.76. The van der Waals surface area contributed by atoms with E-state index in [1.165, 1.54) is 0 Å². The van der Waals surface area contributed by atoms with Gasteiger partial charge < -0.3 is 5.73 Å². The Morgan fingerprint density at radius 2 is 2.44 bits per heavy atom. The number of thiophene rings is 1. The summed E-state index contributed by atoms with van der Waals surface area (Å²) in [4.78, 5) is 0.310. The molecule has 9 heavy (non-hydrogen) atoms. The van der Waals surface area contributed by atoms with Gasteiger partial charge in [0, 0.05) is 6.07 Å². The Bertz CT molecular complexity index is 241. The molecule has 1 aromatic heterocycles. The van der Waals surface area contributed by atoms with Crippen molar-refractivity contribution >= 4 is 16.3 Å². The molecule has 0 aromatic carbocycles. The number of rotatable bonds is 0. The van der Waals surface area contributed by atoms with Crippen molar-refractivity contribution in [3.63, 3.8) is 0 Å². The van der Waals surface area contributed by atoms with Crippen LogP contribution in [-0.2, 0) is 0 Å². The molecule has 0 aliphatic rings. The van der Waals surface area contributed by atoms with Crippen molar-refractivity contribution in [2.75, 3.05) is 5.73 Å². The van der Waals surface area contributed by atoms with E-state index in [1.54, 1.807) is 6.07 Å². The number of nitriles is 1. The van der Waals surface area contributed by atoms with Gasteiger partial charge in [0.2, 0.25) is 0 Å². The summed E-state index contributed by atoms with van der Waals surface area (Å²) in [5.74, 6) is -0.503. The number of hydrogen-bond donors (Lipinski definition) is 1. The maximum Gasteiger partial charge on any atom is 0.158 e. The summed E-state index contributed by atoms with van der Waals surface area (Å²) < 4.78 is 12.3. The third kappa shape index (κ3) is 1.00. The Morgan fingerprint density at radius 3 is 2.67 bits per heavy atom. The molecule has 0 spiro atoms. The second-order valence-electron chi connectivity index (χ2n) is 1.43. The number of halogens is 1. The van der Waals surface area contributed by atoms with Crippen LogP contribution in [0.2, 0.25) is 0 Å². The standard InChI is InChI=1S/C5H3FN2S/c6-4-1-3(2-7)9-5(4)8/h1H,8H2. The monoisotopic (exact) mass is 142 g/mol. The fourth-order valence-corrected chi connectivity index (χ4v) is 1.04. The number of nitrogens with two attached hydrogens (primary N) is 1. The highest BCUT2D eigenvalue weighted by molar-refractivity contribution is 7.16. The van der Waals surface area contributed by atoms with Crippen LogP contribution in [0.15, 0.2) is 6.07 Å². The molecule has 4 heteroatoms. The van der Waals surface area contributed by atoms with E-state index in [2.05, 4.69) is 0 Å². The number of nitrogen functional groups attached to an aromatic ring is 1. The molecule has 0 bridgehead atoms. The van der Waals surface area contributed by atoms with E-state index in [1.807, 2.05) is 0 Å². The molecule has 0 aliphatic heterocycles. The normalized spacial score (nSPS) is 8.89. The lowest BCUT2D eigenvalue weighted by atomic mass is 10.5. The molecule has 0 atom stereocenters. The van der Waals surface area contributed by atoms with Gasteiger partial charge in [-0.2, -0.15) is 5.26 Å². The van der Waals surface area contributed by atoms with Crippen molar-refractivity contribution in [2.24, 2.45) is 0 Å². The first-order valence-corrected chi connectivity index (χ1v) is 3.00. The summed E-state index contributed by atoms with van der Waals surface area (Å²) in [6.07, 6.45) is 0. The van der Waals surface area contributed by atoms with E-state index >= 15 is 0 Å². The zero-order chi connectivity index (χ0) is 6.85. The molecule has 0 amide bonds. The zero-order valence-electron chi connectivity index (χ0n) is 4.39. The number of nitrogens with zero attached hydrogens (tertiary/aromatic N) is 1. The fourth-order valence-electron chi connectivity index (χ4n) is 0.438. The van der Waals surface area contributed by atoms with E-state index in [0.29, 0.717) is 4.88 Å². The van der Waals surface area contributed by atoms with E-state index in [0.717, 1.165) is 17.4 Å². The highest BCUT2D eigenvalue weighted by Gasteiger charge is 2.02. The van der Waals surface area contributed by atoms with Gasteiger partial charge >= 0.3 is 0 Å². The molecular formula is C5H3FN2S. The minimum atomic E-state index is -0.503. The van der Waals surface area contributed by atoms with Crippen molar-refractivity contribution < 1.29 is 4.39 Å². The highest BCUT2D eigenvalue weighted by Crippen LogP contribution is 2.21. The van der Waals surface area contributed by atoms with Crippen LogP contribution in [0.1, 0.15) is 4.88 Å². The Labute approximate surface area is 55.3 Å². The van der Waals surface area contributed by atoms with Gasteiger partial charge in [-0.15, -0.1) is 11.3 Å². The Balaban J connectivity index is 3.16. The quantitative estimate of drug-likeness (QED) is 0.594. The van der Waals surface area contributed by atoms with Crippen LogP contribution in [0.25, 0.3) is 0 Å². The SMILES string of the molecule is N#Cc1cc(F)c(N)s1. The summed E-state index contributed by atoms with van der Waals surface area (Å²) in [7, 11) is 0. The number of hydrogen-bond acceptors (Lipinski definition) is 3. The predicted molar refractivity (Wildman–Crippen MR) is 33.4 cm³/mol. The molecule has 2 nitrogen and oxygen atoms in total. The average Bonchev–Trinajstić information content (AvgIpc) is 2.13. The first kappa shape index (κ1) is 6.05. The molecule has 0 unspecified atom stereocenters. The molecule has 0 aliphatic carbocycles. The van der Waals surface area contributed by atoms with Crippen molar-refractivity contribution in [3.8, 4) is 6.07 Å². The van der Waals surface area contributed by atoms with Crippen LogP contribution in [-0.4, -0.2) is 0 Å². The molecule has 0 saturated carbocycles. The minimum absolute atomic E-state index is 0.0755. The summed E-state index contributed by atoms with van der Waals surface area (Å²) in [6, 6.07) is 2.91. The molecule has 1 heterocycles. The van der Waals surface area contributed by atoms with Gasteiger partial charge in [0.15, 0.2) is 5.82 Å². The molecule has 46 valence electrons. The van der Waals surface area contributed by atoms with E-state index < -0.39 is 5.82 Å².